The highest BCUT2D eigenvalue weighted by molar-refractivity contribution is 7.89. The average Bonchev–Trinajstić information content (AvgIpc) is 2.95. The van der Waals surface area contributed by atoms with Crippen LogP contribution in [0.15, 0.2) is 23.1 Å². The molecule has 2 aromatic rings. The van der Waals surface area contributed by atoms with Gasteiger partial charge in [0, 0.05) is 24.5 Å². The maximum atomic E-state index is 13.6. The Morgan fingerprint density at radius 2 is 1.55 bits per heavy atom. The van der Waals surface area contributed by atoms with Crippen molar-refractivity contribution in [3.05, 3.63) is 35.0 Å². The third kappa shape index (κ3) is 3.77. The number of amides is 2. The predicted molar refractivity (Wildman–Crippen MR) is 126 cm³/mol. The molecule has 0 radical (unpaired) electrons. The van der Waals surface area contributed by atoms with Crippen molar-refractivity contribution in [2.75, 3.05) is 13.1 Å². The number of pyridine rings is 1. The smallest absolute Gasteiger partial charge is 0.263 e. The monoisotopic (exact) mass is 469 g/mol. The van der Waals surface area contributed by atoms with Gasteiger partial charge in [0.15, 0.2) is 0 Å². The minimum absolute atomic E-state index is 0.100. The van der Waals surface area contributed by atoms with Gasteiger partial charge in [0.2, 0.25) is 10.0 Å². The summed E-state index contributed by atoms with van der Waals surface area (Å²) in [7, 11) is -3.68. The highest BCUT2D eigenvalue weighted by Gasteiger charge is 2.43. The molecule has 5 rings (SSSR count). The second-order valence-corrected chi connectivity index (χ2v) is 11.8. The zero-order valence-corrected chi connectivity index (χ0v) is 20.2. The van der Waals surface area contributed by atoms with Gasteiger partial charge in [0.25, 0.3) is 11.8 Å². The van der Waals surface area contributed by atoms with Gasteiger partial charge >= 0.3 is 0 Å². The average molecular weight is 470 g/mol. The summed E-state index contributed by atoms with van der Waals surface area (Å²) in [6.45, 7) is 4.89. The van der Waals surface area contributed by atoms with Gasteiger partial charge in [-0.25, -0.2) is 8.42 Å². The molecule has 3 heterocycles. The van der Waals surface area contributed by atoms with Crippen molar-refractivity contribution in [1.82, 2.24) is 14.2 Å². The number of aromatic nitrogens is 1. The van der Waals surface area contributed by atoms with Crippen molar-refractivity contribution in [2.24, 2.45) is 5.92 Å². The Hall–Kier alpha value is -2.32. The van der Waals surface area contributed by atoms with Crippen molar-refractivity contribution >= 4 is 32.7 Å². The number of sulfonamides is 1. The Morgan fingerprint density at radius 3 is 2.21 bits per heavy atom. The van der Waals surface area contributed by atoms with Gasteiger partial charge in [-0.3, -0.25) is 19.5 Å². The van der Waals surface area contributed by atoms with Crippen molar-refractivity contribution < 1.29 is 18.0 Å². The maximum absolute atomic E-state index is 13.6. The first-order valence-electron chi connectivity index (χ1n) is 12.1. The molecule has 2 fully saturated rings. The van der Waals surface area contributed by atoms with Gasteiger partial charge in [0.05, 0.1) is 27.2 Å². The van der Waals surface area contributed by atoms with Gasteiger partial charge < -0.3 is 0 Å². The summed E-state index contributed by atoms with van der Waals surface area (Å²) < 4.78 is 28.2. The van der Waals surface area contributed by atoms with Crippen LogP contribution in [0.1, 0.15) is 84.7 Å². The Kier molecular flexibility index (Phi) is 5.77. The summed E-state index contributed by atoms with van der Waals surface area (Å²) in [5.41, 5.74) is 1.71. The first kappa shape index (κ1) is 22.5. The quantitative estimate of drug-likeness (QED) is 0.495. The first-order valence-corrected chi connectivity index (χ1v) is 13.6. The summed E-state index contributed by atoms with van der Waals surface area (Å²) in [5.74, 6) is -0.0760. The van der Waals surface area contributed by atoms with Gasteiger partial charge in [0.1, 0.15) is 0 Å². The summed E-state index contributed by atoms with van der Waals surface area (Å²) in [6, 6.07) is 4.68. The molecule has 0 spiro atoms. The number of hydrogen-bond acceptors (Lipinski definition) is 5. The standard InChI is InChI=1S/C25H31N3O4S/c1-16-11-13-27(14-12-16)33(31,32)19-9-10-21-20(15-19)23-22(17(2)26-21)24(29)28(25(23)30)18-7-5-3-4-6-8-18/h9-10,15-16,18H,3-8,11-14H2,1-2H3. The van der Waals surface area contributed by atoms with Gasteiger partial charge in [-0.15, -0.1) is 0 Å². The van der Waals surface area contributed by atoms with Crippen LogP contribution in [-0.4, -0.2) is 53.6 Å². The van der Waals surface area contributed by atoms with Crippen LogP contribution >= 0.6 is 0 Å². The van der Waals surface area contributed by atoms with Gasteiger partial charge in [-0.2, -0.15) is 4.31 Å². The van der Waals surface area contributed by atoms with Crippen LogP contribution in [-0.2, 0) is 10.0 Å². The molecule has 8 heteroatoms. The fourth-order valence-corrected chi connectivity index (χ4v) is 7.06. The van der Waals surface area contributed by atoms with E-state index in [1.54, 1.807) is 25.1 Å². The molecule has 2 aliphatic heterocycles. The topological polar surface area (TPSA) is 87.7 Å². The van der Waals surface area contributed by atoms with Gasteiger partial charge in [-0.05, 0) is 56.7 Å². The van der Waals surface area contributed by atoms with Crippen molar-refractivity contribution in [3.8, 4) is 0 Å². The van der Waals surface area contributed by atoms with E-state index < -0.39 is 10.0 Å². The number of fused-ring (bicyclic) bond motifs is 3. The molecule has 1 saturated carbocycles. The van der Waals surface area contributed by atoms with E-state index in [2.05, 4.69) is 11.9 Å². The molecule has 0 atom stereocenters. The third-order valence-corrected chi connectivity index (χ3v) is 9.47. The normalized spacial score (nSPS) is 21.6. The molecule has 3 aliphatic rings. The lowest BCUT2D eigenvalue weighted by Gasteiger charge is -2.29. The molecule has 1 aliphatic carbocycles. The van der Waals surface area contributed by atoms with E-state index in [1.807, 2.05) is 0 Å². The number of imide groups is 1. The Balaban J connectivity index is 1.58. The van der Waals surface area contributed by atoms with Crippen molar-refractivity contribution in [2.45, 2.75) is 76.2 Å². The number of rotatable bonds is 3. The first-order chi connectivity index (χ1) is 15.8. The summed E-state index contributed by atoms with van der Waals surface area (Å²) in [4.78, 5) is 33.1. The van der Waals surface area contributed by atoms with Crippen LogP contribution < -0.4 is 0 Å². The van der Waals surface area contributed by atoms with Crippen LogP contribution in [0, 0.1) is 12.8 Å². The third-order valence-electron chi connectivity index (χ3n) is 7.57. The number of nitrogens with zero attached hydrogens (tertiary/aromatic N) is 3. The van der Waals surface area contributed by atoms with Gasteiger partial charge in [-0.1, -0.05) is 32.6 Å². The van der Waals surface area contributed by atoms with Crippen LogP contribution in [0.4, 0.5) is 0 Å². The van der Waals surface area contributed by atoms with E-state index >= 15 is 0 Å². The lowest BCUT2D eigenvalue weighted by Crippen LogP contribution is -2.39. The summed E-state index contributed by atoms with van der Waals surface area (Å²) in [5, 5.41) is 0.455. The van der Waals surface area contributed by atoms with Crippen LogP contribution in [0.5, 0.6) is 0 Å². The highest BCUT2D eigenvalue weighted by atomic mass is 32.2. The molecule has 0 bridgehead atoms. The molecule has 1 saturated heterocycles. The lowest BCUT2D eigenvalue weighted by molar-refractivity contribution is 0.0570. The molecule has 1 aromatic heterocycles. The molecular weight excluding hydrogens is 438 g/mol. The number of carbonyl (C=O) groups excluding carboxylic acids is 2. The maximum Gasteiger partial charge on any atom is 0.263 e. The number of aryl methyl sites for hydroxylation is 1. The van der Waals surface area contributed by atoms with E-state index in [1.165, 1.54) is 9.21 Å². The van der Waals surface area contributed by atoms with Crippen molar-refractivity contribution in [3.63, 3.8) is 0 Å². The molecule has 33 heavy (non-hydrogen) atoms. The fraction of sp³-hybridized carbons (Fsp3) is 0.560. The zero-order valence-electron chi connectivity index (χ0n) is 19.3. The van der Waals surface area contributed by atoms with E-state index in [-0.39, 0.29) is 22.8 Å². The van der Waals surface area contributed by atoms with E-state index in [9.17, 15) is 18.0 Å². The minimum atomic E-state index is -3.68. The van der Waals surface area contributed by atoms with Crippen LogP contribution in [0.25, 0.3) is 10.9 Å². The number of piperidine rings is 1. The Labute approximate surface area is 195 Å². The SMILES string of the molecule is Cc1nc2ccc(S(=O)(=O)N3CCC(C)CC3)cc2c2c1C(=O)N(C1CCCCCC1)C2=O. The summed E-state index contributed by atoms with van der Waals surface area (Å²) in [6.07, 6.45) is 7.59. The highest BCUT2D eigenvalue weighted by Crippen LogP contribution is 2.36. The number of hydrogen-bond donors (Lipinski definition) is 0. The summed E-state index contributed by atoms with van der Waals surface area (Å²) >= 11 is 0. The fourth-order valence-electron chi connectivity index (χ4n) is 5.56. The van der Waals surface area contributed by atoms with E-state index in [0.717, 1.165) is 51.4 Å². The largest absolute Gasteiger partial charge is 0.271 e. The molecule has 0 unspecified atom stereocenters. The second kappa shape index (κ2) is 8.47. The molecule has 0 N–H and O–H groups in total. The van der Waals surface area contributed by atoms with Crippen LogP contribution in [0.3, 0.4) is 0 Å². The number of carbonyl (C=O) groups is 2. The number of benzene rings is 1. The molecule has 7 nitrogen and oxygen atoms in total. The minimum Gasteiger partial charge on any atom is -0.271 e. The second-order valence-electron chi connectivity index (χ2n) is 9.84. The molecule has 2 amide bonds. The van der Waals surface area contributed by atoms with E-state index in [4.69, 9.17) is 0 Å². The van der Waals surface area contributed by atoms with Crippen molar-refractivity contribution in [1.29, 1.82) is 0 Å². The lowest BCUT2D eigenvalue weighted by atomic mass is 10.0. The molecular formula is C25H31N3O4S. The zero-order chi connectivity index (χ0) is 23.3. The van der Waals surface area contributed by atoms with E-state index in [0.29, 0.717) is 46.7 Å². The Bertz CT molecular complexity index is 1220. The van der Waals surface area contributed by atoms with Crippen LogP contribution in [0.2, 0.25) is 0 Å². The molecule has 1 aromatic carbocycles. The predicted octanol–water partition coefficient (Wildman–Crippen LogP) is 4.28. The Morgan fingerprint density at radius 1 is 0.909 bits per heavy atom. The molecule has 176 valence electrons.